The third kappa shape index (κ3) is 5.87. The normalized spacial score (nSPS) is 14.4. The molecule has 1 unspecified atom stereocenters. The molecule has 0 bridgehead atoms. The lowest BCUT2D eigenvalue weighted by Crippen LogP contribution is -2.12. The van der Waals surface area contributed by atoms with Crippen LogP contribution in [0.2, 0.25) is 0 Å². The molecule has 0 saturated heterocycles. The Hall–Kier alpha value is -7.22. The number of benzene rings is 9. The second kappa shape index (κ2) is 14.1. The molecule has 9 aromatic carbocycles. The van der Waals surface area contributed by atoms with Gasteiger partial charge in [0.05, 0.1) is 11.0 Å². The van der Waals surface area contributed by atoms with Gasteiger partial charge in [0.15, 0.2) is 0 Å². The van der Waals surface area contributed by atoms with E-state index in [4.69, 9.17) is 0 Å². The Morgan fingerprint density at radius 2 is 0.724 bits per heavy atom. The number of hydrogen-bond donors (Lipinski definition) is 0. The third-order valence-electron chi connectivity index (χ3n) is 12.5. The Morgan fingerprint density at radius 1 is 0.328 bits per heavy atom. The first-order valence-corrected chi connectivity index (χ1v) is 20.3. The van der Waals surface area contributed by atoms with Crippen LogP contribution in [0.25, 0.3) is 72.0 Å². The summed E-state index contributed by atoms with van der Waals surface area (Å²) in [6, 6.07) is 84.7. The Balaban J connectivity index is 0.928. The molecule has 58 heavy (non-hydrogen) atoms. The van der Waals surface area contributed by atoms with E-state index in [-0.39, 0.29) is 5.41 Å². The van der Waals surface area contributed by atoms with Crippen LogP contribution < -0.4 is 0 Å². The van der Waals surface area contributed by atoms with Crippen molar-refractivity contribution in [2.45, 2.75) is 17.8 Å². The lowest BCUT2D eigenvalue weighted by atomic mass is 9.82. The van der Waals surface area contributed by atoms with Gasteiger partial charge in [-0.05, 0) is 104 Å². The van der Waals surface area contributed by atoms with Crippen molar-refractivity contribution < 1.29 is 0 Å². The molecule has 0 N–H and O–H groups in total. The quantitative estimate of drug-likeness (QED) is 0.146. The second-order valence-corrected chi connectivity index (χ2v) is 15.7. The zero-order valence-electron chi connectivity index (χ0n) is 32.2. The summed E-state index contributed by atoms with van der Waals surface area (Å²) in [4.78, 5) is 0. The van der Waals surface area contributed by atoms with E-state index in [0.717, 1.165) is 6.42 Å². The van der Waals surface area contributed by atoms with Gasteiger partial charge in [-0.1, -0.05) is 200 Å². The zero-order valence-corrected chi connectivity index (χ0v) is 32.2. The van der Waals surface area contributed by atoms with E-state index in [9.17, 15) is 0 Å². The van der Waals surface area contributed by atoms with Crippen molar-refractivity contribution in [3.63, 3.8) is 0 Å². The number of nitrogens with zero attached hydrogens (tertiary/aromatic N) is 1. The number of para-hydroxylation sites is 1. The van der Waals surface area contributed by atoms with Crippen molar-refractivity contribution in [1.82, 2.24) is 4.57 Å². The summed E-state index contributed by atoms with van der Waals surface area (Å²) in [5.74, 6) is 0.389. The maximum absolute atomic E-state index is 2.40. The van der Waals surface area contributed by atoms with E-state index >= 15 is 0 Å². The highest BCUT2D eigenvalue weighted by molar-refractivity contribution is 6.10. The molecule has 1 fully saturated rings. The largest absolute Gasteiger partial charge is 0.309 e. The zero-order chi connectivity index (χ0) is 38.5. The average Bonchev–Trinajstić information content (AvgIpc) is 3.99. The van der Waals surface area contributed by atoms with Crippen molar-refractivity contribution in [2.75, 3.05) is 0 Å². The first-order valence-electron chi connectivity index (χ1n) is 20.3. The van der Waals surface area contributed by atoms with Crippen LogP contribution in [0.5, 0.6) is 0 Å². The molecule has 1 nitrogen and oxygen atoms in total. The molecule has 10 aromatic rings. The molecule has 1 heteroatoms. The molecule has 1 aliphatic rings. The minimum Gasteiger partial charge on any atom is -0.309 e. The van der Waals surface area contributed by atoms with Crippen molar-refractivity contribution in [3.05, 3.63) is 247 Å². The van der Waals surface area contributed by atoms with Gasteiger partial charge < -0.3 is 4.57 Å². The molecule has 0 spiro atoms. The maximum Gasteiger partial charge on any atom is 0.0541 e. The Bertz CT molecular complexity index is 2930. The van der Waals surface area contributed by atoms with Crippen LogP contribution in [0, 0.1) is 0 Å². The monoisotopic (exact) mass is 739 g/mol. The predicted octanol–water partition coefficient (Wildman–Crippen LogP) is 14.9. The fourth-order valence-electron chi connectivity index (χ4n) is 9.42. The molecule has 0 amide bonds. The topological polar surface area (TPSA) is 4.93 Å². The van der Waals surface area contributed by atoms with Gasteiger partial charge in [0.1, 0.15) is 0 Å². The van der Waals surface area contributed by atoms with Gasteiger partial charge in [-0.3, -0.25) is 0 Å². The van der Waals surface area contributed by atoms with Crippen molar-refractivity contribution in [1.29, 1.82) is 0 Å². The van der Waals surface area contributed by atoms with Crippen LogP contribution in [-0.2, 0) is 5.41 Å². The van der Waals surface area contributed by atoms with Crippen LogP contribution in [-0.4, -0.2) is 4.57 Å². The van der Waals surface area contributed by atoms with Gasteiger partial charge in [-0.25, -0.2) is 0 Å². The molecular weight excluding hydrogens is 699 g/mol. The summed E-state index contributed by atoms with van der Waals surface area (Å²) in [5.41, 5.74) is 17.6. The maximum atomic E-state index is 2.40. The summed E-state index contributed by atoms with van der Waals surface area (Å²) in [5, 5.41) is 2.53. The number of hydrogen-bond acceptors (Lipinski definition) is 0. The van der Waals surface area contributed by atoms with Gasteiger partial charge in [0, 0.05) is 21.9 Å². The van der Waals surface area contributed by atoms with Crippen LogP contribution in [0.15, 0.2) is 231 Å². The molecule has 0 aliphatic heterocycles. The van der Waals surface area contributed by atoms with Crippen molar-refractivity contribution in [2.24, 2.45) is 0 Å². The molecular formula is C57H41N. The summed E-state index contributed by atoms with van der Waals surface area (Å²) >= 11 is 0. The molecule has 0 radical (unpaired) electrons. The van der Waals surface area contributed by atoms with Crippen molar-refractivity contribution >= 4 is 21.8 Å². The number of fused-ring (bicyclic) bond motifs is 3. The van der Waals surface area contributed by atoms with E-state index in [2.05, 4.69) is 235 Å². The molecule has 1 heterocycles. The standard InChI is InChI=1S/C57H41N/c1-4-12-40(13-5-1)43-24-31-49(32-25-43)57(50-33-26-44(27-34-50)41-14-6-2-7-15-41)39-54(57)47-22-20-46(21-23-47)48-30-37-56-53(38-48)52-18-10-11-19-55(52)58(56)51-35-28-45(29-36-51)42-16-8-3-9-17-42/h1-38,54H,39H2. The minimum atomic E-state index is -0.0774. The summed E-state index contributed by atoms with van der Waals surface area (Å²) in [6.45, 7) is 0. The molecule has 1 saturated carbocycles. The van der Waals surface area contributed by atoms with Crippen LogP contribution in [0.3, 0.4) is 0 Å². The lowest BCUT2D eigenvalue weighted by Gasteiger charge is -2.21. The highest BCUT2D eigenvalue weighted by atomic mass is 15.0. The molecule has 1 atom stereocenters. The third-order valence-corrected chi connectivity index (χ3v) is 12.5. The molecule has 1 aliphatic carbocycles. The summed E-state index contributed by atoms with van der Waals surface area (Å²) in [6.07, 6.45) is 1.08. The molecule has 11 rings (SSSR count). The van der Waals surface area contributed by atoms with Crippen LogP contribution >= 0.6 is 0 Å². The fourth-order valence-corrected chi connectivity index (χ4v) is 9.42. The van der Waals surface area contributed by atoms with Gasteiger partial charge >= 0.3 is 0 Å². The van der Waals surface area contributed by atoms with Crippen LogP contribution in [0.4, 0.5) is 0 Å². The average molecular weight is 740 g/mol. The Morgan fingerprint density at radius 3 is 1.26 bits per heavy atom. The summed E-state index contributed by atoms with van der Waals surface area (Å²) < 4.78 is 2.40. The highest BCUT2D eigenvalue weighted by Crippen LogP contribution is 2.64. The van der Waals surface area contributed by atoms with Gasteiger partial charge in [-0.2, -0.15) is 0 Å². The predicted molar refractivity (Wildman–Crippen MR) is 244 cm³/mol. The number of aromatic nitrogens is 1. The van der Waals surface area contributed by atoms with Gasteiger partial charge in [0.2, 0.25) is 0 Å². The SMILES string of the molecule is c1ccc(-c2ccc(-n3c4ccccc4c4cc(-c5ccc(C6CC6(c6ccc(-c7ccccc7)cc6)c6ccc(-c7ccccc7)cc6)cc5)ccc43)cc2)cc1. The van der Waals surface area contributed by atoms with Gasteiger partial charge in [-0.15, -0.1) is 0 Å². The van der Waals surface area contributed by atoms with E-state index < -0.39 is 0 Å². The van der Waals surface area contributed by atoms with E-state index in [1.165, 1.54) is 88.7 Å². The van der Waals surface area contributed by atoms with Crippen molar-refractivity contribution in [3.8, 4) is 50.2 Å². The summed E-state index contributed by atoms with van der Waals surface area (Å²) in [7, 11) is 0. The van der Waals surface area contributed by atoms with E-state index in [1.54, 1.807) is 0 Å². The Kier molecular flexibility index (Phi) is 8.26. The minimum absolute atomic E-state index is 0.0774. The fraction of sp³-hybridized carbons (Fsp3) is 0.0526. The van der Waals surface area contributed by atoms with Gasteiger partial charge in [0.25, 0.3) is 0 Å². The number of rotatable bonds is 8. The Labute approximate surface area is 340 Å². The first kappa shape index (κ1) is 34.1. The van der Waals surface area contributed by atoms with Crippen LogP contribution in [0.1, 0.15) is 29.0 Å². The van der Waals surface area contributed by atoms with E-state index in [1.807, 2.05) is 0 Å². The molecule has 1 aromatic heterocycles. The van der Waals surface area contributed by atoms with E-state index in [0.29, 0.717) is 5.92 Å². The smallest absolute Gasteiger partial charge is 0.0541 e. The second-order valence-electron chi connectivity index (χ2n) is 15.7. The first-order chi connectivity index (χ1) is 28.7. The lowest BCUT2D eigenvalue weighted by molar-refractivity contribution is 0.803. The highest BCUT2D eigenvalue weighted by Gasteiger charge is 2.57. The molecule has 274 valence electrons.